The third kappa shape index (κ3) is 5.56. The Morgan fingerprint density at radius 3 is 2.24 bits per heavy atom. The van der Waals surface area contributed by atoms with E-state index in [2.05, 4.69) is 33.0 Å². The van der Waals surface area contributed by atoms with Gasteiger partial charge in [-0.2, -0.15) is 0 Å². The number of aliphatic hydroxyl groups excluding tert-OH is 1. The summed E-state index contributed by atoms with van der Waals surface area (Å²) in [5.74, 6) is 1.45. The number of aliphatic hydroxyl groups is 1. The number of hydrogen-bond acceptors (Lipinski definition) is 4. The minimum Gasteiger partial charge on any atom is -0.493 e. The van der Waals surface area contributed by atoms with Crippen LogP contribution in [-0.2, 0) is 0 Å². The molecule has 1 aromatic carbocycles. The van der Waals surface area contributed by atoms with E-state index < -0.39 is 0 Å². The normalized spacial score (nSPS) is 14.6. The van der Waals surface area contributed by atoms with Crippen LogP contribution in [0.2, 0.25) is 0 Å². The SMILES string of the molecule is COc1ccc(C(C)NC(CO)CC(C)(C)C)cc1OC. The van der Waals surface area contributed by atoms with Crippen LogP contribution in [0.1, 0.15) is 45.7 Å². The molecule has 0 heterocycles. The van der Waals surface area contributed by atoms with E-state index in [-0.39, 0.29) is 24.1 Å². The van der Waals surface area contributed by atoms with Gasteiger partial charge in [-0.1, -0.05) is 26.8 Å². The molecule has 21 heavy (non-hydrogen) atoms. The molecule has 1 aromatic rings. The van der Waals surface area contributed by atoms with Crippen LogP contribution >= 0.6 is 0 Å². The van der Waals surface area contributed by atoms with Gasteiger partial charge in [-0.25, -0.2) is 0 Å². The van der Waals surface area contributed by atoms with Crippen molar-refractivity contribution in [3.8, 4) is 11.5 Å². The molecule has 2 N–H and O–H groups in total. The summed E-state index contributed by atoms with van der Waals surface area (Å²) in [5, 5.41) is 13.0. The zero-order valence-corrected chi connectivity index (χ0v) is 14.1. The van der Waals surface area contributed by atoms with Crippen LogP contribution in [0.5, 0.6) is 11.5 Å². The lowest BCUT2D eigenvalue weighted by Gasteiger charge is -2.28. The highest BCUT2D eigenvalue weighted by Crippen LogP contribution is 2.30. The van der Waals surface area contributed by atoms with Gasteiger partial charge in [-0.05, 0) is 36.5 Å². The second-order valence-corrected chi connectivity index (χ2v) is 6.65. The Morgan fingerprint density at radius 2 is 1.76 bits per heavy atom. The van der Waals surface area contributed by atoms with Crippen LogP contribution in [0, 0.1) is 5.41 Å². The molecule has 0 fully saturated rings. The Kier molecular flexibility index (Phi) is 6.49. The molecule has 0 aliphatic heterocycles. The van der Waals surface area contributed by atoms with Crippen molar-refractivity contribution >= 4 is 0 Å². The van der Waals surface area contributed by atoms with E-state index in [1.165, 1.54) is 0 Å². The van der Waals surface area contributed by atoms with Crippen LogP contribution in [0.15, 0.2) is 18.2 Å². The van der Waals surface area contributed by atoms with Crippen molar-refractivity contribution in [2.45, 2.75) is 46.2 Å². The lowest BCUT2D eigenvalue weighted by Crippen LogP contribution is -2.37. The molecule has 0 aliphatic rings. The van der Waals surface area contributed by atoms with Crippen LogP contribution in [-0.4, -0.2) is 32.0 Å². The highest BCUT2D eigenvalue weighted by atomic mass is 16.5. The molecule has 0 bridgehead atoms. The molecular weight excluding hydrogens is 266 g/mol. The molecule has 0 aliphatic carbocycles. The summed E-state index contributed by atoms with van der Waals surface area (Å²) < 4.78 is 10.6. The molecule has 2 unspecified atom stereocenters. The van der Waals surface area contributed by atoms with E-state index >= 15 is 0 Å². The molecule has 0 saturated carbocycles. The topological polar surface area (TPSA) is 50.7 Å². The lowest BCUT2D eigenvalue weighted by atomic mass is 9.88. The van der Waals surface area contributed by atoms with Gasteiger partial charge < -0.3 is 19.9 Å². The second kappa shape index (κ2) is 7.66. The van der Waals surface area contributed by atoms with Crippen molar-refractivity contribution in [3.05, 3.63) is 23.8 Å². The number of nitrogens with one attached hydrogen (secondary N) is 1. The molecule has 0 saturated heterocycles. The molecule has 2 atom stereocenters. The van der Waals surface area contributed by atoms with Crippen molar-refractivity contribution in [1.29, 1.82) is 0 Å². The van der Waals surface area contributed by atoms with E-state index in [1.54, 1.807) is 14.2 Å². The Bertz CT molecular complexity index is 440. The summed E-state index contributed by atoms with van der Waals surface area (Å²) in [6, 6.07) is 6.11. The first-order valence-electron chi connectivity index (χ1n) is 7.39. The maximum absolute atomic E-state index is 9.56. The number of ether oxygens (including phenoxy) is 2. The maximum atomic E-state index is 9.56. The fourth-order valence-corrected chi connectivity index (χ4v) is 2.49. The molecule has 4 heteroatoms. The van der Waals surface area contributed by atoms with Gasteiger partial charge >= 0.3 is 0 Å². The molecular formula is C17H29NO3. The summed E-state index contributed by atoms with van der Waals surface area (Å²) >= 11 is 0. The molecule has 120 valence electrons. The zero-order chi connectivity index (χ0) is 16.0. The molecule has 4 nitrogen and oxygen atoms in total. The summed E-state index contributed by atoms with van der Waals surface area (Å²) in [7, 11) is 3.26. The van der Waals surface area contributed by atoms with E-state index in [4.69, 9.17) is 9.47 Å². The molecule has 0 aromatic heterocycles. The van der Waals surface area contributed by atoms with Crippen LogP contribution < -0.4 is 14.8 Å². The average Bonchev–Trinajstić information content (AvgIpc) is 2.44. The van der Waals surface area contributed by atoms with Gasteiger partial charge in [0.05, 0.1) is 20.8 Å². The predicted molar refractivity (Wildman–Crippen MR) is 86.0 cm³/mol. The quantitative estimate of drug-likeness (QED) is 0.811. The van der Waals surface area contributed by atoms with Crippen molar-refractivity contribution in [2.24, 2.45) is 5.41 Å². The van der Waals surface area contributed by atoms with Crippen molar-refractivity contribution < 1.29 is 14.6 Å². The van der Waals surface area contributed by atoms with E-state index in [0.29, 0.717) is 0 Å². The van der Waals surface area contributed by atoms with Crippen LogP contribution in [0.4, 0.5) is 0 Å². The van der Waals surface area contributed by atoms with E-state index in [0.717, 1.165) is 23.5 Å². The van der Waals surface area contributed by atoms with Crippen molar-refractivity contribution in [2.75, 3.05) is 20.8 Å². The standard InChI is InChI=1S/C17H29NO3/c1-12(18-14(11-19)10-17(2,3)4)13-7-8-15(20-5)16(9-13)21-6/h7-9,12,14,18-19H,10-11H2,1-6H3. The summed E-state index contributed by atoms with van der Waals surface area (Å²) in [5.41, 5.74) is 1.29. The number of benzene rings is 1. The minimum absolute atomic E-state index is 0.0769. The molecule has 1 rings (SSSR count). The first-order chi connectivity index (χ1) is 9.80. The smallest absolute Gasteiger partial charge is 0.161 e. The number of methoxy groups -OCH3 is 2. The van der Waals surface area contributed by atoms with Gasteiger partial charge in [-0.15, -0.1) is 0 Å². The molecule has 0 radical (unpaired) electrons. The monoisotopic (exact) mass is 295 g/mol. The third-order valence-corrected chi connectivity index (χ3v) is 3.47. The third-order valence-electron chi connectivity index (χ3n) is 3.47. The Hall–Kier alpha value is -1.26. The van der Waals surface area contributed by atoms with Crippen LogP contribution in [0.25, 0.3) is 0 Å². The van der Waals surface area contributed by atoms with Gasteiger partial charge in [0.25, 0.3) is 0 Å². The highest BCUT2D eigenvalue weighted by molar-refractivity contribution is 5.43. The van der Waals surface area contributed by atoms with Gasteiger partial charge in [0.2, 0.25) is 0 Å². The zero-order valence-electron chi connectivity index (χ0n) is 14.1. The minimum atomic E-state index is 0.0769. The predicted octanol–water partition coefficient (Wildman–Crippen LogP) is 3.15. The number of rotatable bonds is 7. The van der Waals surface area contributed by atoms with Crippen molar-refractivity contribution in [1.82, 2.24) is 5.32 Å². The first-order valence-corrected chi connectivity index (χ1v) is 7.39. The number of hydrogen-bond donors (Lipinski definition) is 2. The van der Waals surface area contributed by atoms with Gasteiger partial charge in [0.1, 0.15) is 0 Å². The molecule has 0 amide bonds. The van der Waals surface area contributed by atoms with Crippen molar-refractivity contribution in [3.63, 3.8) is 0 Å². The summed E-state index contributed by atoms with van der Waals surface area (Å²) in [4.78, 5) is 0. The Morgan fingerprint density at radius 1 is 1.14 bits per heavy atom. The Balaban J connectivity index is 2.80. The van der Waals surface area contributed by atoms with Crippen LogP contribution in [0.3, 0.4) is 0 Å². The Labute approximate surface area is 128 Å². The van der Waals surface area contributed by atoms with Gasteiger partial charge in [-0.3, -0.25) is 0 Å². The summed E-state index contributed by atoms with van der Waals surface area (Å²) in [6.07, 6.45) is 0.918. The van der Waals surface area contributed by atoms with Gasteiger partial charge in [0, 0.05) is 12.1 Å². The lowest BCUT2D eigenvalue weighted by molar-refractivity contribution is 0.190. The average molecular weight is 295 g/mol. The first kappa shape index (κ1) is 17.8. The molecule has 0 spiro atoms. The summed E-state index contributed by atoms with van der Waals surface area (Å²) in [6.45, 7) is 8.76. The fourth-order valence-electron chi connectivity index (χ4n) is 2.49. The van der Waals surface area contributed by atoms with Gasteiger partial charge in [0.15, 0.2) is 11.5 Å². The fraction of sp³-hybridized carbons (Fsp3) is 0.647. The van der Waals surface area contributed by atoms with E-state index in [1.807, 2.05) is 18.2 Å². The van der Waals surface area contributed by atoms with E-state index in [9.17, 15) is 5.11 Å². The second-order valence-electron chi connectivity index (χ2n) is 6.65. The highest BCUT2D eigenvalue weighted by Gasteiger charge is 2.20. The largest absolute Gasteiger partial charge is 0.493 e. The maximum Gasteiger partial charge on any atom is 0.161 e.